The number of thiophene rings is 1. The summed E-state index contributed by atoms with van der Waals surface area (Å²) >= 11 is 2.88. The predicted molar refractivity (Wildman–Crippen MR) is 131 cm³/mol. The summed E-state index contributed by atoms with van der Waals surface area (Å²) in [5.74, 6) is 0.723. The summed E-state index contributed by atoms with van der Waals surface area (Å²) in [5, 5.41) is 16.8. The van der Waals surface area contributed by atoms with Gasteiger partial charge in [-0.1, -0.05) is 11.3 Å². The molecule has 3 heterocycles. The van der Waals surface area contributed by atoms with Gasteiger partial charge in [0.05, 0.1) is 21.6 Å². The number of hydrogen-bond donors (Lipinski definition) is 5. The molecule has 3 aromatic heterocycles. The Balaban J connectivity index is 1.37. The minimum absolute atomic E-state index is 0.0685. The van der Waals surface area contributed by atoms with E-state index in [4.69, 9.17) is 10.8 Å². The van der Waals surface area contributed by atoms with Crippen molar-refractivity contribution in [3.05, 3.63) is 44.6 Å². The van der Waals surface area contributed by atoms with Crippen molar-refractivity contribution in [3.8, 4) is 0 Å². The second-order valence-corrected chi connectivity index (χ2v) is 10.3. The first-order valence-electron chi connectivity index (χ1n) is 10.8. The molecule has 0 fully saturated rings. The van der Waals surface area contributed by atoms with Crippen LogP contribution >= 0.6 is 22.7 Å². The van der Waals surface area contributed by atoms with Gasteiger partial charge in [0, 0.05) is 17.2 Å². The lowest BCUT2D eigenvalue weighted by Gasteiger charge is -2.24. The van der Waals surface area contributed by atoms with Crippen LogP contribution in [0.5, 0.6) is 0 Å². The Kier molecular flexibility index (Phi) is 6.11. The molecule has 0 saturated heterocycles. The minimum Gasteiger partial charge on any atom is -0.396 e. The van der Waals surface area contributed by atoms with E-state index in [1.54, 1.807) is 17.7 Å². The maximum absolute atomic E-state index is 11.6. The van der Waals surface area contributed by atoms with Crippen LogP contribution in [0, 0.1) is 5.92 Å². The molecule has 5 rings (SSSR count). The lowest BCUT2D eigenvalue weighted by molar-refractivity contribution is -0.120. The van der Waals surface area contributed by atoms with Gasteiger partial charge in [-0.05, 0) is 61.9 Å². The average molecular weight is 485 g/mol. The highest BCUT2D eigenvalue weighted by atomic mass is 32.1. The van der Waals surface area contributed by atoms with Gasteiger partial charge in [0.25, 0.3) is 0 Å². The van der Waals surface area contributed by atoms with Crippen LogP contribution in [-0.4, -0.2) is 45.2 Å². The van der Waals surface area contributed by atoms with E-state index in [2.05, 4.69) is 25.6 Å². The molecule has 0 radical (unpaired) electrons. The molecule has 1 aliphatic carbocycles. The zero-order valence-corrected chi connectivity index (χ0v) is 19.4. The standard InChI is InChI=1S/C22H24N6O3S2/c23-19(30)15(5-6-29)24-9-11-1-3-13-16(7-11)32-21-18(13)20(25-10-26-21)27-12-2-4-14-17(8-12)33-22(31)28-14/h2,4,8,10-11,15,24,29H,1,3,5-7,9H2,(H2,23,30)(H,28,31)(H,25,26,27)/t11?,15-/m0/s1. The number of amides is 1. The zero-order chi connectivity index (χ0) is 22.9. The van der Waals surface area contributed by atoms with E-state index in [1.165, 1.54) is 21.8 Å². The van der Waals surface area contributed by atoms with Crippen LogP contribution < -0.4 is 21.2 Å². The summed E-state index contributed by atoms with van der Waals surface area (Å²) in [4.78, 5) is 37.2. The van der Waals surface area contributed by atoms with Gasteiger partial charge in [-0.25, -0.2) is 9.97 Å². The number of aliphatic hydroxyl groups is 1. The molecule has 33 heavy (non-hydrogen) atoms. The zero-order valence-electron chi connectivity index (χ0n) is 17.8. The molecular weight excluding hydrogens is 460 g/mol. The van der Waals surface area contributed by atoms with Crippen molar-refractivity contribution in [2.24, 2.45) is 11.7 Å². The quantitative estimate of drug-likeness (QED) is 0.258. The lowest BCUT2D eigenvalue weighted by atomic mass is 9.87. The molecule has 0 bridgehead atoms. The number of aromatic nitrogens is 3. The second kappa shape index (κ2) is 9.18. The van der Waals surface area contributed by atoms with E-state index < -0.39 is 11.9 Å². The Labute approximate surface area is 197 Å². The maximum atomic E-state index is 11.6. The number of rotatable bonds is 8. The number of H-pyrrole nitrogens is 1. The van der Waals surface area contributed by atoms with Gasteiger partial charge in [0.1, 0.15) is 17.0 Å². The number of nitrogens with one attached hydrogen (secondary N) is 3. The van der Waals surface area contributed by atoms with Crippen LogP contribution in [0.4, 0.5) is 11.5 Å². The largest absolute Gasteiger partial charge is 0.396 e. The minimum atomic E-state index is -0.503. The molecule has 9 nitrogen and oxygen atoms in total. The predicted octanol–water partition coefficient (Wildman–Crippen LogP) is 2.27. The van der Waals surface area contributed by atoms with Crippen LogP contribution in [0.3, 0.4) is 0 Å². The number of carbonyl (C=O) groups is 1. The summed E-state index contributed by atoms with van der Waals surface area (Å²) in [6.07, 6.45) is 4.69. The highest BCUT2D eigenvalue weighted by Crippen LogP contribution is 2.40. The second-order valence-electron chi connectivity index (χ2n) is 8.24. The number of fused-ring (bicyclic) bond motifs is 4. The van der Waals surface area contributed by atoms with Crippen molar-refractivity contribution >= 4 is 60.5 Å². The van der Waals surface area contributed by atoms with Crippen molar-refractivity contribution in [1.82, 2.24) is 20.3 Å². The summed E-state index contributed by atoms with van der Waals surface area (Å²) < 4.78 is 0.897. The van der Waals surface area contributed by atoms with Gasteiger partial charge < -0.3 is 26.5 Å². The number of aryl methyl sites for hydroxylation is 1. The molecule has 0 saturated carbocycles. The Morgan fingerprint density at radius 3 is 3.03 bits per heavy atom. The summed E-state index contributed by atoms with van der Waals surface area (Å²) in [7, 11) is 0. The van der Waals surface area contributed by atoms with E-state index in [0.29, 0.717) is 18.9 Å². The molecule has 172 valence electrons. The van der Waals surface area contributed by atoms with E-state index >= 15 is 0 Å². The smallest absolute Gasteiger partial charge is 0.305 e. The normalized spacial score (nSPS) is 16.7. The topological polar surface area (TPSA) is 146 Å². The molecule has 1 amide bonds. The van der Waals surface area contributed by atoms with Crippen LogP contribution in [0.15, 0.2) is 29.3 Å². The van der Waals surface area contributed by atoms with Crippen molar-refractivity contribution in [2.75, 3.05) is 18.5 Å². The van der Waals surface area contributed by atoms with E-state index in [9.17, 15) is 9.59 Å². The van der Waals surface area contributed by atoms with Crippen molar-refractivity contribution in [2.45, 2.75) is 31.7 Å². The van der Waals surface area contributed by atoms with Crippen molar-refractivity contribution in [3.63, 3.8) is 0 Å². The van der Waals surface area contributed by atoms with Crippen LogP contribution in [-0.2, 0) is 17.6 Å². The number of carbonyl (C=O) groups excluding carboxylic acids is 1. The SMILES string of the molecule is NC(=O)[C@H](CCO)NCC1CCc2c(sc3ncnc(Nc4ccc5[nH]c(=O)sc5c4)c23)C1. The molecule has 6 N–H and O–H groups in total. The number of aromatic amines is 1. The molecule has 0 spiro atoms. The molecule has 1 aromatic carbocycles. The van der Waals surface area contributed by atoms with E-state index in [1.807, 2.05) is 18.2 Å². The lowest BCUT2D eigenvalue weighted by Crippen LogP contribution is -2.44. The third-order valence-corrected chi connectivity index (χ3v) is 8.05. The third kappa shape index (κ3) is 4.49. The van der Waals surface area contributed by atoms with E-state index in [0.717, 1.165) is 51.2 Å². The highest BCUT2D eigenvalue weighted by molar-refractivity contribution is 7.19. The fraction of sp³-hybridized carbons (Fsp3) is 0.364. The molecule has 2 atom stereocenters. The van der Waals surface area contributed by atoms with Gasteiger partial charge in [0.2, 0.25) is 5.91 Å². The Bertz CT molecular complexity index is 1380. The van der Waals surface area contributed by atoms with E-state index in [-0.39, 0.29) is 11.5 Å². The monoisotopic (exact) mass is 484 g/mol. The van der Waals surface area contributed by atoms with Crippen molar-refractivity contribution < 1.29 is 9.90 Å². The van der Waals surface area contributed by atoms with Gasteiger partial charge in [-0.2, -0.15) is 0 Å². The Morgan fingerprint density at radius 2 is 2.21 bits per heavy atom. The number of nitrogens with two attached hydrogens (primary N) is 1. The van der Waals surface area contributed by atoms with Crippen LogP contribution in [0.1, 0.15) is 23.3 Å². The first-order chi connectivity index (χ1) is 16.0. The molecule has 4 aromatic rings. The summed E-state index contributed by atoms with van der Waals surface area (Å²) in [5.41, 5.74) is 8.41. The average Bonchev–Trinajstić information content (AvgIpc) is 3.35. The summed E-state index contributed by atoms with van der Waals surface area (Å²) in [6.45, 7) is 0.605. The number of aliphatic hydroxyl groups excluding tert-OH is 1. The Morgan fingerprint density at radius 1 is 1.33 bits per heavy atom. The third-order valence-electron chi connectivity index (χ3n) is 6.05. The number of thiazole rings is 1. The van der Waals surface area contributed by atoms with Gasteiger partial charge >= 0.3 is 4.87 Å². The molecular formula is C22H24N6O3S2. The highest BCUT2D eigenvalue weighted by Gasteiger charge is 2.26. The Hall–Kier alpha value is -2.86. The van der Waals surface area contributed by atoms with Crippen LogP contribution in [0.2, 0.25) is 0 Å². The molecule has 11 heteroatoms. The van der Waals surface area contributed by atoms with Gasteiger partial charge in [-0.15, -0.1) is 11.3 Å². The number of nitrogens with zero attached hydrogens (tertiary/aromatic N) is 2. The van der Waals surface area contributed by atoms with Crippen LogP contribution in [0.25, 0.3) is 20.4 Å². The molecule has 0 aliphatic heterocycles. The van der Waals surface area contributed by atoms with Gasteiger partial charge in [0.15, 0.2) is 0 Å². The fourth-order valence-corrected chi connectivity index (χ4v) is 6.47. The first-order valence-corrected chi connectivity index (χ1v) is 12.4. The number of primary amides is 1. The maximum Gasteiger partial charge on any atom is 0.305 e. The number of benzene rings is 1. The van der Waals surface area contributed by atoms with Crippen molar-refractivity contribution in [1.29, 1.82) is 0 Å². The first kappa shape index (κ1) is 22.0. The molecule has 1 aliphatic rings. The number of anilines is 2. The molecule has 1 unspecified atom stereocenters. The number of hydrogen-bond acceptors (Lipinski definition) is 9. The van der Waals surface area contributed by atoms with Gasteiger partial charge in [-0.3, -0.25) is 9.59 Å². The summed E-state index contributed by atoms with van der Waals surface area (Å²) in [6, 6.07) is 5.27. The fourth-order valence-electron chi connectivity index (χ4n) is 4.39.